The first-order valence-electron chi connectivity index (χ1n) is 10.8. The average molecular weight is 526 g/mol. The summed E-state index contributed by atoms with van der Waals surface area (Å²) in [5.41, 5.74) is -0.744. The Balaban J connectivity index is 1.44. The van der Waals surface area contributed by atoms with Gasteiger partial charge in [-0.15, -0.1) is 0 Å². The zero-order valence-corrected chi connectivity index (χ0v) is 19.1. The second-order valence-electron chi connectivity index (χ2n) is 8.36. The molecular formula is C23H19F5N4O5. The lowest BCUT2D eigenvalue weighted by Gasteiger charge is -2.18. The molecule has 1 aliphatic carbocycles. The molecule has 2 N–H and O–H groups in total. The molecule has 4 rings (SSSR count). The van der Waals surface area contributed by atoms with Crippen molar-refractivity contribution in [2.24, 2.45) is 0 Å². The average Bonchev–Trinajstić information content (AvgIpc) is 3.48. The number of rotatable bonds is 7. The van der Waals surface area contributed by atoms with Gasteiger partial charge in [-0.1, -0.05) is 6.07 Å². The number of pyridine rings is 1. The second-order valence-corrected chi connectivity index (χ2v) is 8.36. The monoisotopic (exact) mass is 526 g/mol. The fourth-order valence-corrected chi connectivity index (χ4v) is 3.58. The molecule has 2 aromatic heterocycles. The first-order chi connectivity index (χ1) is 17.4. The third kappa shape index (κ3) is 5.62. The molecule has 3 aromatic rings. The number of imidazole rings is 1. The topological polar surface area (TPSA) is 111 Å². The van der Waals surface area contributed by atoms with Gasteiger partial charge in [0.2, 0.25) is 0 Å². The minimum Gasteiger partial charge on any atom is -0.485 e. The molecule has 14 heteroatoms. The second kappa shape index (κ2) is 9.67. The third-order valence-electron chi connectivity index (χ3n) is 5.66. The van der Waals surface area contributed by atoms with E-state index >= 15 is 0 Å². The Morgan fingerprint density at radius 1 is 1.11 bits per heavy atom. The number of nitrogens with zero attached hydrogens (tertiary/aromatic N) is 2. The van der Waals surface area contributed by atoms with E-state index in [4.69, 9.17) is 4.74 Å². The lowest BCUT2D eigenvalue weighted by atomic mass is 10.2. The van der Waals surface area contributed by atoms with Gasteiger partial charge in [0.25, 0.3) is 5.91 Å². The van der Waals surface area contributed by atoms with Gasteiger partial charge in [0, 0.05) is 12.7 Å². The SMILES string of the molecule is Cc1nc2c(OCc3c(F)cccc3F)cccn2c1C(=O)NCC1(NC(=O)OC(=O)C(F)(F)F)CC1. The Morgan fingerprint density at radius 3 is 2.41 bits per heavy atom. The largest absolute Gasteiger partial charge is 0.491 e. The predicted molar refractivity (Wildman–Crippen MR) is 116 cm³/mol. The van der Waals surface area contributed by atoms with Crippen LogP contribution in [-0.4, -0.2) is 45.6 Å². The molecule has 196 valence electrons. The number of benzene rings is 1. The van der Waals surface area contributed by atoms with Gasteiger partial charge < -0.3 is 20.1 Å². The van der Waals surface area contributed by atoms with Gasteiger partial charge in [-0.25, -0.2) is 23.4 Å². The summed E-state index contributed by atoms with van der Waals surface area (Å²) in [4.78, 5) is 39.7. The Bertz CT molecular complexity index is 1360. The Labute approximate surface area is 205 Å². The zero-order chi connectivity index (χ0) is 27.0. The van der Waals surface area contributed by atoms with Gasteiger partial charge in [0.15, 0.2) is 11.4 Å². The van der Waals surface area contributed by atoms with E-state index in [0.717, 1.165) is 12.1 Å². The molecule has 0 spiro atoms. The third-order valence-corrected chi connectivity index (χ3v) is 5.66. The summed E-state index contributed by atoms with van der Waals surface area (Å²) >= 11 is 0. The quantitative estimate of drug-likeness (QED) is 0.277. The lowest BCUT2D eigenvalue weighted by Crippen LogP contribution is -2.47. The molecule has 0 saturated heterocycles. The van der Waals surface area contributed by atoms with Crippen LogP contribution in [0.1, 0.15) is 34.6 Å². The number of esters is 1. The van der Waals surface area contributed by atoms with Crippen LogP contribution in [0.3, 0.4) is 0 Å². The van der Waals surface area contributed by atoms with Crippen molar-refractivity contribution in [3.63, 3.8) is 0 Å². The molecule has 37 heavy (non-hydrogen) atoms. The van der Waals surface area contributed by atoms with E-state index in [1.807, 2.05) is 0 Å². The minimum atomic E-state index is -5.32. The maximum Gasteiger partial charge on any atom is 0.491 e. The first-order valence-corrected chi connectivity index (χ1v) is 10.8. The molecule has 9 nitrogen and oxygen atoms in total. The molecule has 1 aromatic carbocycles. The standard InChI is InChI=1S/C23H19F5N4O5/c1-12-17(19(33)29-11-22(7-8-22)31-21(35)37-20(34)23(26,27)28)32-9-3-6-16(18(32)30-12)36-10-13-14(24)4-2-5-15(13)25/h2-6,9H,7-8,10-11H2,1H3,(H,29,33)(H,31,35). The summed E-state index contributed by atoms with van der Waals surface area (Å²) in [6, 6.07) is 6.47. The van der Waals surface area contributed by atoms with Crippen molar-refractivity contribution in [2.75, 3.05) is 6.54 Å². The summed E-state index contributed by atoms with van der Waals surface area (Å²) in [5.74, 6) is -4.66. The molecule has 2 heterocycles. The maximum atomic E-state index is 13.9. The summed E-state index contributed by atoms with van der Waals surface area (Å²) in [5, 5.41) is 4.76. The van der Waals surface area contributed by atoms with Crippen molar-refractivity contribution in [2.45, 2.75) is 38.1 Å². The van der Waals surface area contributed by atoms with Crippen LogP contribution in [0.15, 0.2) is 36.5 Å². The summed E-state index contributed by atoms with van der Waals surface area (Å²) < 4.78 is 75.4. The number of amides is 2. The highest BCUT2D eigenvalue weighted by atomic mass is 19.4. The molecule has 0 radical (unpaired) electrons. The molecular weight excluding hydrogens is 507 g/mol. The van der Waals surface area contributed by atoms with Crippen molar-refractivity contribution < 1.29 is 45.8 Å². The molecule has 0 atom stereocenters. The van der Waals surface area contributed by atoms with Crippen molar-refractivity contribution in [1.29, 1.82) is 0 Å². The van der Waals surface area contributed by atoms with E-state index in [-0.39, 0.29) is 29.2 Å². The van der Waals surface area contributed by atoms with Gasteiger partial charge in [0.1, 0.15) is 23.9 Å². The highest BCUT2D eigenvalue weighted by molar-refractivity contribution is 5.95. The number of nitrogens with one attached hydrogen (secondary N) is 2. The number of halogens is 5. The van der Waals surface area contributed by atoms with Crippen molar-refractivity contribution in [3.8, 4) is 5.75 Å². The van der Waals surface area contributed by atoms with Crippen LogP contribution in [0, 0.1) is 18.6 Å². The number of aryl methyl sites for hydroxylation is 1. The lowest BCUT2D eigenvalue weighted by molar-refractivity contribution is -0.192. The molecule has 1 fully saturated rings. The van der Waals surface area contributed by atoms with E-state index in [1.54, 1.807) is 6.92 Å². The number of alkyl halides is 3. The zero-order valence-electron chi connectivity index (χ0n) is 19.1. The molecule has 0 bridgehead atoms. The van der Waals surface area contributed by atoms with Crippen LogP contribution in [-0.2, 0) is 16.1 Å². The Hall–Kier alpha value is -4.23. The highest BCUT2D eigenvalue weighted by Crippen LogP contribution is 2.35. The highest BCUT2D eigenvalue weighted by Gasteiger charge is 2.47. The number of hydrogen-bond donors (Lipinski definition) is 2. The van der Waals surface area contributed by atoms with Crippen LogP contribution in [0.25, 0.3) is 5.65 Å². The molecule has 1 saturated carbocycles. The number of alkyl carbamates (subject to hydrolysis) is 1. The van der Waals surface area contributed by atoms with E-state index in [9.17, 15) is 36.3 Å². The van der Waals surface area contributed by atoms with E-state index < -0.39 is 47.9 Å². The van der Waals surface area contributed by atoms with E-state index in [2.05, 4.69) is 20.4 Å². The first kappa shape index (κ1) is 25.9. The van der Waals surface area contributed by atoms with Crippen molar-refractivity contribution in [3.05, 3.63) is 65.1 Å². The number of aromatic nitrogens is 2. The fraction of sp³-hybridized carbons (Fsp3) is 0.304. The summed E-state index contributed by atoms with van der Waals surface area (Å²) in [6.07, 6.45) is -4.72. The molecule has 2 amide bonds. The number of hydrogen-bond acceptors (Lipinski definition) is 6. The fourth-order valence-electron chi connectivity index (χ4n) is 3.58. The number of fused-ring (bicyclic) bond motifs is 1. The van der Waals surface area contributed by atoms with Gasteiger partial charge in [-0.3, -0.25) is 9.20 Å². The van der Waals surface area contributed by atoms with Gasteiger partial charge in [-0.2, -0.15) is 13.2 Å². The summed E-state index contributed by atoms with van der Waals surface area (Å²) in [7, 11) is 0. The number of carbonyl (C=O) groups is 3. The van der Waals surface area contributed by atoms with Crippen LogP contribution >= 0.6 is 0 Å². The van der Waals surface area contributed by atoms with Crippen LogP contribution in [0.4, 0.5) is 26.7 Å². The number of ether oxygens (including phenoxy) is 2. The molecule has 1 aliphatic rings. The van der Waals surface area contributed by atoms with Crippen molar-refractivity contribution in [1.82, 2.24) is 20.0 Å². The minimum absolute atomic E-state index is 0.100. The Morgan fingerprint density at radius 2 is 1.78 bits per heavy atom. The maximum absolute atomic E-state index is 13.9. The number of carbonyl (C=O) groups excluding carboxylic acids is 3. The van der Waals surface area contributed by atoms with Gasteiger partial charge in [0.05, 0.1) is 16.8 Å². The van der Waals surface area contributed by atoms with Gasteiger partial charge >= 0.3 is 18.2 Å². The van der Waals surface area contributed by atoms with Crippen LogP contribution in [0.5, 0.6) is 5.75 Å². The molecule has 0 unspecified atom stereocenters. The normalized spacial score (nSPS) is 14.2. The smallest absolute Gasteiger partial charge is 0.485 e. The Kier molecular flexibility index (Phi) is 6.76. The summed E-state index contributed by atoms with van der Waals surface area (Å²) in [6.45, 7) is 0.969. The van der Waals surface area contributed by atoms with Crippen molar-refractivity contribution >= 4 is 23.6 Å². The van der Waals surface area contributed by atoms with E-state index in [1.165, 1.54) is 28.8 Å². The van der Waals surface area contributed by atoms with Gasteiger partial charge in [-0.05, 0) is 44.0 Å². The van der Waals surface area contributed by atoms with E-state index in [0.29, 0.717) is 18.5 Å². The predicted octanol–water partition coefficient (Wildman–Crippen LogP) is 3.58. The molecule has 0 aliphatic heterocycles. The van der Waals surface area contributed by atoms with Crippen LogP contribution < -0.4 is 15.4 Å². The van der Waals surface area contributed by atoms with Crippen LogP contribution in [0.2, 0.25) is 0 Å².